The standard InChI is InChI=1S/C21H15N5O3S/c27-20(16-2-1-3-18(12-16)26(28)29)13-30-21-9-8-19(23-24-21)15-4-6-17(7-5-15)25-11-10-22-14-25/h1-12,14H,13H2. The van der Waals surface area contributed by atoms with Crippen LogP contribution in [-0.4, -0.2) is 36.2 Å². The third-order valence-corrected chi connectivity index (χ3v) is 5.26. The number of benzene rings is 2. The van der Waals surface area contributed by atoms with E-state index in [4.69, 9.17) is 0 Å². The average Bonchev–Trinajstić information content (AvgIpc) is 3.33. The van der Waals surface area contributed by atoms with Crippen LogP contribution in [0.1, 0.15) is 10.4 Å². The summed E-state index contributed by atoms with van der Waals surface area (Å²) in [7, 11) is 0. The number of carbonyl (C=O) groups excluding carboxylic acids is 1. The Hall–Kier alpha value is -3.85. The third-order valence-electron chi connectivity index (χ3n) is 4.34. The molecule has 2 aromatic heterocycles. The largest absolute Gasteiger partial charge is 0.306 e. The van der Waals surface area contributed by atoms with Crippen molar-refractivity contribution in [3.05, 3.63) is 95.1 Å². The molecule has 9 heteroatoms. The second kappa shape index (κ2) is 8.66. The number of hydrogen-bond acceptors (Lipinski definition) is 7. The molecule has 0 unspecified atom stereocenters. The topological polar surface area (TPSA) is 104 Å². The summed E-state index contributed by atoms with van der Waals surface area (Å²) < 4.78 is 1.91. The summed E-state index contributed by atoms with van der Waals surface area (Å²) >= 11 is 1.24. The van der Waals surface area contributed by atoms with Crippen LogP contribution < -0.4 is 0 Å². The molecule has 2 heterocycles. The zero-order valence-corrected chi connectivity index (χ0v) is 16.4. The van der Waals surface area contributed by atoms with Gasteiger partial charge < -0.3 is 4.57 Å². The molecule has 2 aromatic carbocycles. The molecule has 0 amide bonds. The van der Waals surface area contributed by atoms with Gasteiger partial charge in [-0.15, -0.1) is 10.2 Å². The quantitative estimate of drug-likeness (QED) is 0.192. The maximum atomic E-state index is 12.3. The van der Waals surface area contributed by atoms with Crippen molar-refractivity contribution in [3.63, 3.8) is 0 Å². The lowest BCUT2D eigenvalue weighted by Crippen LogP contribution is -2.03. The predicted octanol–water partition coefficient (Wildman–Crippen LogP) is 4.21. The monoisotopic (exact) mass is 417 g/mol. The zero-order valence-electron chi connectivity index (χ0n) is 15.6. The van der Waals surface area contributed by atoms with Crippen LogP contribution in [0.2, 0.25) is 0 Å². The van der Waals surface area contributed by atoms with Gasteiger partial charge in [0, 0.05) is 41.3 Å². The molecule has 148 valence electrons. The maximum Gasteiger partial charge on any atom is 0.270 e. The Morgan fingerprint density at radius 2 is 1.90 bits per heavy atom. The molecule has 4 rings (SSSR count). The molecule has 30 heavy (non-hydrogen) atoms. The number of Topliss-reactive ketones (excluding diaryl/α,β-unsaturated/α-hetero) is 1. The van der Waals surface area contributed by atoms with Crippen molar-refractivity contribution < 1.29 is 9.72 Å². The number of imidazole rings is 1. The predicted molar refractivity (Wildman–Crippen MR) is 113 cm³/mol. The van der Waals surface area contributed by atoms with Crippen molar-refractivity contribution in [1.29, 1.82) is 0 Å². The van der Waals surface area contributed by atoms with Crippen LogP contribution in [0.5, 0.6) is 0 Å². The Morgan fingerprint density at radius 1 is 1.07 bits per heavy atom. The van der Waals surface area contributed by atoms with Gasteiger partial charge >= 0.3 is 0 Å². The highest BCUT2D eigenvalue weighted by Crippen LogP contribution is 2.22. The van der Waals surface area contributed by atoms with E-state index < -0.39 is 4.92 Å². The van der Waals surface area contributed by atoms with Crippen LogP contribution in [0.4, 0.5) is 5.69 Å². The number of hydrogen-bond donors (Lipinski definition) is 0. The van der Waals surface area contributed by atoms with Gasteiger partial charge in [0.05, 0.1) is 22.7 Å². The first-order chi connectivity index (χ1) is 14.6. The minimum atomic E-state index is -0.518. The molecule has 0 saturated heterocycles. The summed E-state index contributed by atoms with van der Waals surface area (Å²) in [6.07, 6.45) is 5.32. The van der Waals surface area contributed by atoms with Gasteiger partial charge in [0.1, 0.15) is 5.03 Å². The van der Waals surface area contributed by atoms with E-state index in [1.807, 2.05) is 41.1 Å². The Kier molecular flexibility index (Phi) is 5.62. The number of nitro benzene ring substituents is 1. The molecule has 0 radical (unpaired) electrons. The first-order valence-electron chi connectivity index (χ1n) is 8.93. The van der Waals surface area contributed by atoms with Crippen molar-refractivity contribution in [1.82, 2.24) is 19.7 Å². The summed E-state index contributed by atoms with van der Waals surface area (Å²) in [4.78, 5) is 26.7. The van der Waals surface area contributed by atoms with E-state index >= 15 is 0 Å². The van der Waals surface area contributed by atoms with Crippen LogP contribution in [0.3, 0.4) is 0 Å². The second-order valence-corrected chi connectivity index (χ2v) is 7.29. The highest BCUT2D eigenvalue weighted by molar-refractivity contribution is 7.99. The molecule has 0 aliphatic heterocycles. The Balaban J connectivity index is 1.39. The molecule has 8 nitrogen and oxygen atoms in total. The highest BCUT2D eigenvalue weighted by atomic mass is 32.2. The van der Waals surface area contributed by atoms with Crippen molar-refractivity contribution in [3.8, 4) is 16.9 Å². The number of thioether (sulfide) groups is 1. The van der Waals surface area contributed by atoms with Gasteiger partial charge in [0.25, 0.3) is 5.69 Å². The minimum Gasteiger partial charge on any atom is -0.306 e. The minimum absolute atomic E-state index is 0.103. The zero-order chi connectivity index (χ0) is 20.9. The second-order valence-electron chi connectivity index (χ2n) is 6.29. The third kappa shape index (κ3) is 4.41. The lowest BCUT2D eigenvalue weighted by atomic mass is 10.1. The molecule has 0 aliphatic rings. The SMILES string of the molecule is O=C(CSc1ccc(-c2ccc(-n3ccnc3)cc2)nn1)c1cccc([N+](=O)[O-])c1. The van der Waals surface area contributed by atoms with E-state index in [0.29, 0.717) is 10.6 Å². The Morgan fingerprint density at radius 3 is 2.57 bits per heavy atom. The van der Waals surface area contributed by atoms with Crippen LogP contribution >= 0.6 is 11.8 Å². The first kappa shape index (κ1) is 19.5. The number of carbonyl (C=O) groups is 1. The fraction of sp³-hybridized carbons (Fsp3) is 0.0476. The molecule has 0 spiro atoms. The van der Waals surface area contributed by atoms with Crippen molar-refractivity contribution in [2.75, 3.05) is 5.75 Å². The lowest BCUT2D eigenvalue weighted by Gasteiger charge is -2.05. The van der Waals surface area contributed by atoms with Crippen LogP contribution in [0.15, 0.2) is 84.4 Å². The maximum absolute atomic E-state index is 12.3. The average molecular weight is 417 g/mol. The van der Waals surface area contributed by atoms with Crippen molar-refractivity contribution in [2.24, 2.45) is 0 Å². The molecule has 0 aliphatic carbocycles. The van der Waals surface area contributed by atoms with Crippen LogP contribution in [0.25, 0.3) is 16.9 Å². The summed E-state index contributed by atoms with van der Waals surface area (Å²) in [6.45, 7) is 0. The number of nitrogens with zero attached hydrogens (tertiary/aromatic N) is 5. The molecule has 0 saturated carbocycles. The Labute approximate surface area is 175 Å². The van der Waals surface area contributed by atoms with E-state index in [9.17, 15) is 14.9 Å². The van der Waals surface area contributed by atoms with Crippen LogP contribution in [-0.2, 0) is 0 Å². The van der Waals surface area contributed by atoms with E-state index in [1.54, 1.807) is 24.7 Å². The van der Waals surface area contributed by atoms with E-state index in [2.05, 4.69) is 15.2 Å². The number of non-ortho nitro benzene ring substituents is 1. The van der Waals surface area contributed by atoms with Gasteiger partial charge in [-0.05, 0) is 24.3 Å². The Bertz CT molecular complexity index is 1180. The molecule has 0 N–H and O–H groups in total. The van der Waals surface area contributed by atoms with Gasteiger partial charge in [-0.1, -0.05) is 36.0 Å². The van der Waals surface area contributed by atoms with Crippen LogP contribution in [0, 0.1) is 10.1 Å². The summed E-state index contributed by atoms with van der Waals surface area (Å²) in [5, 5.41) is 19.9. The van der Waals surface area contributed by atoms with Gasteiger partial charge in [-0.3, -0.25) is 14.9 Å². The molecular weight excluding hydrogens is 402 g/mol. The van der Waals surface area contributed by atoms with Gasteiger partial charge in [-0.2, -0.15) is 0 Å². The molecule has 0 atom stereocenters. The number of aromatic nitrogens is 4. The summed E-state index contributed by atoms with van der Waals surface area (Å²) in [5.74, 6) is -0.0842. The first-order valence-corrected chi connectivity index (χ1v) is 9.92. The fourth-order valence-corrected chi connectivity index (χ4v) is 3.49. The fourth-order valence-electron chi connectivity index (χ4n) is 2.78. The number of rotatable bonds is 7. The molecule has 0 fully saturated rings. The molecular formula is C21H15N5O3S. The smallest absolute Gasteiger partial charge is 0.270 e. The number of ketones is 1. The normalized spacial score (nSPS) is 10.7. The van der Waals surface area contributed by atoms with Crippen molar-refractivity contribution in [2.45, 2.75) is 5.03 Å². The molecule has 4 aromatic rings. The van der Waals surface area contributed by atoms with Gasteiger partial charge in [0.15, 0.2) is 5.78 Å². The van der Waals surface area contributed by atoms with E-state index in [0.717, 1.165) is 16.9 Å². The van der Waals surface area contributed by atoms with E-state index in [-0.39, 0.29) is 17.2 Å². The van der Waals surface area contributed by atoms with E-state index in [1.165, 1.54) is 30.0 Å². The number of nitro groups is 1. The van der Waals surface area contributed by atoms with Gasteiger partial charge in [0.2, 0.25) is 0 Å². The van der Waals surface area contributed by atoms with Crippen molar-refractivity contribution >= 4 is 23.2 Å². The van der Waals surface area contributed by atoms with Gasteiger partial charge in [-0.25, -0.2) is 4.98 Å². The summed E-state index contributed by atoms with van der Waals surface area (Å²) in [6, 6.07) is 17.2. The summed E-state index contributed by atoms with van der Waals surface area (Å²) in [5.41, 5.74) is 2.85. The molecule has 0 bridgehead atoms. The highest BCUT2D eigenvalue weighted by Gasteiger charge is 2.12. The lowest BCUT2D eigenvalue weighted by molar-refractivity contribution is -0.384.